The molecule has 92 valence electrons. The van der Waals surface area contributed by atoms with Crippen molar-refractivity contribution in [3.05, 3.63) is 50.1 Å². The summed E-state index contributed by atoms with van der Waals surface area (Å²) >= 11 is 5.01. The van der Waals surface area contributed by atoms with Gasteiger partial charge in [-0.3, -0.25) is 0 Å². The topological polar surface area (TPSA) is 46.2 Å². The second-order valence-corrected chi connectivity index (χ2v) is 5.55. The molecule has 1 heterocycles. The minimum atomic E-state index is -0.267. The maximum atomic E-state index is 10.00. The number of hydrogen-bond donors (Lipinski definition) is 2. The molecule has 0 spiro atoms. The van der Waals surface area contributed by atoms with E-state index < -0.39 is 0 Å². The molecular formula is C12H13BrClNOS. The van der Waals surface area contributed by atoms with E-state index in [1.165, 1.54) is 0 Å². The van der Waals surface area contributed by atoms with Crippen LogP contribution in [-0.2, 0) is 0 Å². The summed E-state index contributed by atoms with van der Waals surface area (Å²) in [5, 5.41) is 12.0. The summed E-state index contributed by atoms with van der Waals surface area (Å²) in [5.74, 6) is 0.282. The number of benzene rings is 1. The van der Waals surface area contributed by atoms with Gasteiger partial charge >= 0.3 is 0 Å². The van der Waals surface area contributed by atoms with Gasteiger partial charge in [-0.05, 0) is 36.1 Å². The molecule has 0 bridgehead atoms. The largest absolute Gasteiger partial charge is 0.507 e. The number of phenols is 1. The van der Waals surface area contributed by atoms with E-state index in [0.717, 1.165) is 20.5 Å². The van der Waals surface area contributed by atoms with Crippen LogP contribution in [-0.4, -0.2) is 5.11 Å². The molecule has 1 atom stereocenters. The molecule has 0 saturated carbocycles. The number of aromatic hydroxyl groups is 1. The number of aryl methyl sites for hydroxylation is 1. The van der Waals surface area contributed by atoms with Crippen LogP contribution in [0.25, 0.3) is 0 Å². The molecule has 1 aromatic heterocycles. The monoisotopic (exact) mass is 333 g/mol. The molecule has 2 nitrogen and oxygen atoms in total. The van der Waals surface area contributed by atoms with Crippen molar-refractivity contribution in [2.75, 3.05) is 0 Å². The van der Waals surface area contributed by atoms with E-state index in [9.17, 15) is 5.11 Å². The maximum Gasteiger partial charge on any atom is 0.123 e. The summed E-state index contributed by atoms with van der Waals surface area (Å²) in [4.78, 5) is 1.05. The molecule has 1 aromatic carbocycles. The summed E-state index contributed by atoms with van der Waals surface area (Å²) in [6.45, 7) is 1.87. The third-order valence-corrected chi connectivity index (χ3v) is 3.89. The van der Waals surface area contributed by atoms with E-state index in [-0.39, 0.29) is 24.2 Å². The second kappa shape index (κ2) is 5.87. The fourth-order valence-electron chi connectivity index (χ4n) is 1.62. The lowest BCUT2D eigenvalue weighted by molar-refractivity contribution is 0.461. The average Bonchev–Trinajstić information content (AvgIpc) is 2.75. The fourth-order valence-corrected chi connectivity index (χ4v) is 2.95. The molecule has 0 saturated heterocycles. The number of phenolic OH excluding ortho intramolecular Hbond substituents is 1. The van der Waals surface area contributed by atoms with E-state index in [2.05, 4.69) is 15.9 Å². The zero-order valence-electron chi connectivity index (χ0n) is 9.18. The molecule has 17 heavy (non-hydrogen) atoms. The van der Waals surface area contributed by atoms with Crippen LogP contribution in [0.3, 0.4) is 0 Å². The first-order valence-electron chi connectivity index (χ1n) is 4.87. The van der Waals surface area contributed by atoms with Crippen LogP contribution in [0.2, 0.25) is 0 Å². The zero-order chi connectivity index (χ0) is 11.7. The van der Waals surface area contributed by atoms with E-state index in [4.69, 9.17) is 5.73 Å². The van der Waals surface area contributed by atoms with Crippen molar-refractivity contribution in [3.8, 4) is 5.75 Å². The molecule has 2 rings (SSSR count). The quantitative estimate of drug-likeness (QED) is 0.872. The Balaban J connectivity index is 0.00000144. The lowest BCUT2D eigenvalue weighted by Gasteiger charge is -2.14. The van der Waals surface area contributed by atoms with E-state index in [0.29, 0.717) is 0 Å². The van der Waals surface area contributed by atoms with Crippen molar-refractivity contribution in [3.63, 3.8) is 0 Å². The van der Waals surface area contributed by atoms with Gasteiger partial charge in [-0.25, -0.2) is 0 Å². The first-order chi connectivity index (χ1) is 7.59. The predicted molar refractivity (Wildman–Crippen MR) is 78.1 cm³/mol. The Morgan fingerprint density at radius 1 is 1.41 bits per heavy atom. The molecule has 0 radical (unpaired) electrons. The van der Waals surface area contributed by atoms with Crippen molar-refractivity contribution < 1.29 is 5.11 Å². The number of rotatable bonds is 2. The highest BCUT2D eigenvalue weighted by atomic mass is 79.9. The average molecular weight is 335 g/mol. The lowest BCUT2D eigenvalue weighted by atomic mass is 10.0. The molecule has 0 amide bonds. The Labute approximate surface area is 119 Å². The minimum absolute atomic E-state index is 0. The highest BCUT2D eigenvalue weighted by molar-refractivity contribution is 9.10. The molecule has 5 heteroatoms. The van der Waals surface area contributed by atoms with Gasteiger partial charge in [0, 0.05) is 14.9 Å². The molecule has 3 N–H and O–H groups in total. The van der Waals surface area contributed by atoms with Gasteiger partial charge in [-0.15, -0.1) is 23.7 Å². The van der Waals surface area contributed by atoms with Gasteiger partial charge in [0.25, 0.3) is 0 Å². The molecule has 0 aliphatic carbocycles. The molecule has 0 unspecified atom stereocenters. The van der Waals surface area contributed by atoms with Crippen LogP contribution in [0.15, 0.2) is 34.1 Å². The SMILES string of the molecule is Cc1cc(Br)cc([C@H](N)c2cccs2)c1O.Cl. The van der Waals surface area contributed by atoms with Crippen LogP contribution in [0.4, 0.5) is 0 Å². The van der Waals surface area contributed by atoms with Crippen molar-refractivity contribution >= 4 is 39.7 Å². The van der Waals surface area contributed by atoms with E-state index in [1.54, 1.807) is 11.3 Å². The highest BCUT2D eigenvalue weighted by Gasteiger charge is 2.16. The molecule has 2 aromatic rings. The van der Waals surface area contributed by atoms with Gasteiger partial charge < -0.3 is 10.8 Å². The third kappa shape index (κ3) is 3.01. The Bertz CT molecular complexity index is 501. The Morgan fingerprint density at radius 2 is 2.12 bits per heavy atom. The van der Waals surface area contributed by atoms with Crippen LogP contribution < -0.4 is 5.73 Å². The number of hydrogen-bond acceptors (Lipinski definition) is 3. The van der Waals surface area contributed by atoms with E-state index in [1.807, 2.05) is 36.6 Å². The predicted octanol–water partition coefficient (Wildman–Crippen LogP) is 3.99. The van der Waals surface area contributed by atoms with Crippen LogP contribution >= 0.6 is 39.7 Å². The second-order valence-electron chi connectivity index (χ2n) is 3.65. The number of halogens is 2. The first kappa shape index (κ1) is 14.5. The molecule has 0 fully saturated rings. The summed E-state index contributed by atoms with van der Waals surface area (Å²) in [6.07, 6.45) is 0. The number of nitrogens with two attached hydrogens (primary N) is 1. The zero-order valence-corrected chi connectivity index (χ0v) is 12.4. The van der Waals surface area contributed by atoms with Gasteiger partial charge in [0.05, 0.1) is 6.04 Å². The standard InChI is InChI=1S/C12H12BrNOS.ClH/c1-7-5-8(13)6-9(12(7)15)11(14)10-3-2-4-16-10;/h2-6,11,15H,14H2,1H3;1H/t11-;/m0./s1. The lowest BCUT2D eigenvalue weighted by Crippen LogP contribution is -2.10. The molecule has 0 aliphatic heterocycles. The third-order valence-electron chi connectivity index (χ3n) is 2.48. The smallest absolute Gasteiger partial charge is 0.123 e. The van der Waals surface area contributed by atoms with E-state index >= 15 is 0 Å². The van der Waals surface area contributed by atoms with Gasteiger partial charge in [-0.1, -0.05) is 22.0 Å². The Morgan fingerprint density at radius 3 is 2.71 bits per heavy atom. The maximum absolute atomic E-state index is 10.00. The first-order valence-corrected chi connectivity index (χ1v) is 6.55. The molecular weight excluding hydrogens is 322 g/mol. The summed E-state index contributed by atoms with van der Waals surface area (Å²) < 4.78 is 0.935. The fraction of sp³-hybridized carbons (Fsp3) is 0.167. The van der Waals surface area contributed by atoms with Crippen molar-refractivity contribution in [1.29, 1.82) is 0 Å². The van der Waals surface area contributed by atoms with Crippen LogP contribution in [0.1, 0.15) is 22.0 Å². The van der Waals surface area contributed by atoms with Gasteiger partial charge in [-0.2, -0.15) is 0 Å². The van der Waals surface area contributed by atoms with Crippen molar-refractivity contribution in [2.24, 2.45) is 5.73 Å². The van der Waals surface area contributed by atoms with Gasteiger partial charge in [0.15, 0.2) is 0 Å². The normalized spacial score (nSPS) is 11.9. The van der Waals surface area contributed by atoms with Crippen LogP contribution in [0.5, 0.6) is 5.75 Å². The Kier molecular flexibility index (Phi) is 5.01. The highest BCUT2D eigenvalue weighted by Crippen LogP contribution is 2.34. The molecule has 0 aliphatic rings. The van der Waals surface area contributed by atoms with Gasteiger partial charge in [0.2, 0.25) is 0 Å². The van der Waals surface area contributed by atoms with Crippen molar-refractivity contribution in [1.82, 2.24) is 0 Å². The number of thiophene rings is 1. The van der Waals surface area contributed by atoms with Crippen LogP contribution in [0, 0.1) is 6.92 Å². The Hall–Kier alpha value is -0.550. The van der Waals surface area contributed by atoms with Crippen molar-refractivity contribution in [2.45, 2.75) is 13.0 Å². The van der Waals surface area contributed by atoms with Gasteiger partial charge in [0.1, 0.15) is 5.75 Å². The summed E-state index contributed by atoms with van der Waals surface area (Å²) in [6, 6.07) is 7.41. The minimum Gasteiger partial charge on any atom is -0.507 e. The summed E-state index contributed by atoms with van der Waals surface area (Å²) in [5.41, 5.74) is 7.72. The summed E-state index contributed by atoms with van der Waals surface area (Å²) in [7, 11) is 0.